The van der Waals surface area contributed by atoms with Crippen LogP contribution in [-0.4, -0.2) is 4.98 Å². The fourth-order valence-electron chi connectivity index (χ4n) is 7.84. The number of hydrogen-bond acceptors (Lipinski definition) is 3. The molecular formula is C47H27NOS. The van der Waals surface area contributed by atoms with E-state index in [1.807, 2.05) is 11.3 Å². The van der Waals surface area contributed by atoms with Gasteiger partial charge in [0.15, 0.2) is 0 Å². The van der Waals surface area contributed by atoms with Gasteiger partial charge in [0.05, 0.1) is 16.6 Å². The second-order valence-corrected chi connectivity index (χ2v) is 14.1. The molecule has 0 saturated carbocycles. The van der Waals surface area contributed by atoms with Gasteiger partial charge in [-0.2, -0.15) is 0 Å². The van der Waals surface area contributed by atoms with Crippen LogP contribution in [0.25, 0.3) is 108 Å². The SMILES string of the molecule is c1cc(-c2cc(-c3ccc4ccccc4c3)c3ccc4oc5c6ccccc6ccc5c4c3n2)cc(-c2cccc3c2sc2ccccc23)c1. The molecular weight excluding hydrogens is 627 g/mol. The van der Waals surface area contributed by atoms with Crippen LogP contribution < -0.4 is 0 Å². The van der Waals surface area contributed by atoms with Crippen LogP contribution in [0, 0.1) is 0 Å². The molecule has 3 heterocycles. The second-order valence-electron chi connectivity index (χ2n) is 13.1. The summed E-state index contributed by atoms with van der Waals surface area (Å²) >= 11 is 1.87. The number of nitrogens with zero attached hydrogens (tertiary/aromatic N) is 1. The minimum atomic E-state index is 0.850. The van der Waals surface area contributed by atoms with Crippen molar-refractivity contribution in [2.75, 3.05) is 0 Å². The molecule has 0 N–H and O–H groups in total. The first kappa shape index (κ1) is 27.6. The monoisotopic (exact) mass is 653 g/mol. The lowest BCUT2D eigenvalue weighted by Crippen LogP contribution is -1.92. The Bertz CT molecular complexity index is 3160. The Morgan fingerprint density at radius 3 is 2.10 bits per heavy atom. The van der Waals surface area contributed by atoms with Crippen molar-refractivity contribution >= 4 is 85.9 Å². The van der Waals surface area contributed by atoms with Crippen LogP contribution in [0.15, 0.2) is 168 Å². The third-order valence-electron chi connectivity index (χ3n) is 10.2. The van der Waals surface area contributed by atoms with Crippen LogP contribution in [0.3, 0.4) is 0 Å². The van der Waals surface area contributed by atoms with Gasteiger partial charge in [-0.05, 0) is 80.9 Å². The van der Waals surface area contributed by atoms with Gasteiger partial charge in [0, 0.05) is 41.9 Å². The van der Waals surface area contributed by atoms with E-state index in [2.05, 4.69) is 164 Å². The fourth-order valence-corrected chi connectivity index (χ4v) is 9.08. The molecule has 0 amide bonds. The van der Waals surface area contributed by atoms with Crippen molar-refractivity contribution in [1.29, 1.82) is 0 Å². The lowest BCUT2D eigenvalue weighted by molar-refractivity contribution is 0.673. The summed E-state index contributed by atoms with van der Waals surface area (Å²) in [4.78, 5) is 5.50. The zero-order valence-electron chi connectivity index (χ0n) is 26.9. The highest BCUT2D eigenvalue weighted by atomic mass is 32.1. The van der Waals surface area contributed by atoms with Crippen LogP contribution >= 0.6 is 11.3 Å². The van der Waals surface area contributed by atoms with E-state index >= 15 is 0 Å². The van der Waals surface area contributed by atoms with Crippen molar-refractivity contribution in [3.8, 4) is 33.5 Å². The van der Waals surface area contributed by atoms with E-state index in [4.69, 9.17) is 9.40 Å². The summed E-state index contributed by atoms with van der Waals surface area (Å²) in [7, 11) is 0. The van der Waals surface area contributed by atoms with Crippen LogP contribution in [0.1, 0.15) is 0 Å². The third kappa shape index (κ3) is 4.11. The quantitative estimate of drug-likeness (QED) is 0.190. The highest BCUT2D eigenvalue weighted by Crippen LogP contribution is 2.43. The molecule has 0 radical (unpaired) electrons. The molecule has 0 bridgehead atoms. The Balaban J connectivity index is 1.19. The van der Waals surface area contributed by atoms with Crippen molar-refractivity contribution in [1.82, 2.24) is 4.98 Å². The van der Waals surface area contributed by atoms with Gasteiger partial charge in [0.25, 0.3) is 0 Å². The Morgan fingerprint density at radius 2 is 1.16 bits per heavy atom. The number of rotatable bonds is 3. The van der Waals surface area contributed by atoms with E-state index in [-0.39, 0.29) is 0 Å². The highest BCUT2D eigenvalue weighted by Gasteiger charge is 2.19. The maximum absolute atomic E-state index is 6.63. The number of fused-ring (bicyclic) bond motifs is 11. The summed E-state index contributed by atoms with van der Waals surface area (Å²) in [6.07, 6.45) is 0. The zero-order valence-corrected chi connectivity index (χ0v) is 27.7. The average molecular weight is 654 g/mol. The van der Waals surface area contributed by atoms with Gasteiger partial charge >= 0.3 is 0 Å². The standard InChI is InChI=1S/C47H27NOS/c1-2-11-30-25-32(20-19-28(30)9-1)40-27-41(33-13-7-12-31(26-33)35-16-8-17-38-36-15-5-6-18-43(36)50-47(35)38)48-45-37(40)23-24-42-44(45)39-22-21-29-10-3-4-14-34(29)46(39)49-42/h1-27H. The minimum absolute atomic E-state index is 0.850. The topological polar surface area (TPSA) is 26.0 Å². The normalized spacial score (nSPS) is 12.0. The van der Waals surface area contributed by atoms with Gasteiger partial charge in [-0.15, -0.1) is 11.3 Å². The third-order valence-corrected chi connectivity index (χ3v) is 11.5. The van der Waals surface area contributed by atoms with Crippen LogP contribution in [-0.2, 0) is 0 Å². The van der Waals surface area contributed by atoms with Gasteiger partial charge in [0.1, 0.15) is 11.2 Å². The van der Waals surface area contributed by atoms with E-state index < -0.39 is 0 Å². The molecule has 2 nitrogen and oxygen atoms in total. The van der Waals surface area contributed by atoms with Crippen molar-refractivity contribution in [3.63, 3.8) is 0 Å². The lowest BCUT2D eigenvalue weighted by atomic mass is 9.94. The first-order valence-corrected chi connectivity index (χ1v) is 17.8. The maximum atomic E-state index is 6.63. The van der Waals surface area contributed by atoms with E-state index in [0.717, 1.165) is 55.0 Å². The number of pyridine rings is 1. The zero-order chi connectivity index (χ0) is 32.8. The van der Waals surface area contributed by atoms with Crippen molar-refractivity contribution in [2.45, 2.75) is 0 Å². The van der Waals surface area contributed by atoms with E-state index in [1.165, 1.54) is 53.0 Å². The summed E-state index contributed by atoms with van der Waals surface area (Å²) in [5, 5.41) is 10.6. The van der Waals surface area contributed by atoms with E-state index in [1.54, 1.807) is 0 Å². The molecule has 3 aromatic heterocycles. The van der Waals surface area contributed by atoms with E-state index in [0.29, 0.717) is 0 Å². The molecule has 0 atom stereocenters. The number of hydrogen-bond donors (Lipinski definition) is 0. The molecule has 232 valence electrons. The average Bonchev–Trinajstić information content (AvgIpc) is 3.76. The van der Waals surface area contributed by atoms with Crippen molar-refractivity contribution in [2.24, 2.45) is 0 Å². The summed E-state index contributed by atoms with van der Waals surface area (Å²) in [5.74, 6) is 0. The summed E-state index contributed by atoms with van der Waals surface area (Å²) < 4.78 is 9.25. The predicted molar refractivity (Wildman–Crippen MR) is 213 cm³/mol. The number of furan rings is 1. The molecule has 11 aromatic rings. The van der Waals surface area contributed by atoms with Gasteiger partial charge in [-0.25, -0.2) is 4.98 Å². The van der Waals surface area contributed by atoms with Gasteiger partial charge in [-0.1, -0.05) is 121 Å². The molecule has 0 fully saturated rings. The maximum Gasteiger partial charge on any atom is 0.143 e. The van der Waals surface area contributed by atoms with Gasteiger partial charge in [-0.3, -0.25) is 0 Å². The van der Waals surface area contributed by atoms with Gasteiger partial charge < -0.3 is 4.42 Å². The molecule has 0 aliphatic rings. The Morgan fingerprint density at radius 1 is 0.440 bits per heavy atom. The first-order valence-electron chi connectivity index (χ1n) is 16.9. The predicted octanol–water partition coefficient (Wildman–Crippen LogP) is 13.8. The molecule has 0 saturated heterocycles. The molecule has 0 unspecified atom stereocenters. The molecule has 0 spiro atoms. The first-order chi connectivity index (χ1) is 24.8. The Hall–Kier alpha value is -6.29. The minimum Gasteiger partial charge on any atom is -0.455 e. The summed E-state index contributed by atoms with van der Waals surface area (Å²) in [6.45, 7) is 0. The smallest absolute Gasteiger partial charge is 0.143 e. The van der Waals surface area contributed by atoms with Crippen LogP contribution in [0.4, 0.5) is 0 Å². The molecule has 0 aliphatic carbocycles. The van der Waals surface area contributed by atoms with Crippen molar-refractivity contribution in [3.05, 3.63) is 164 Å². The number of aromatic nitrogens is 1. The highest BCUT2D eigenvalue weighted by molar-refractivity contribution is 7.26. The Kier molecular flexibility index (Phi) is 5.86. The van der Waals surface area contributed by atoms with E-state index in [9.17, 15) is 0 Å². The molecule has 11 rings (SSSR count). The fraction of sp³-hybridized carbons (Fsp3) is 0. The molecule has 3 heteroatoms. The summed E-state index contributed by atoms with van der Waals surface area (Å²) in [6, 6.07) is 59.0. The molecule has 0 aliphatic heterocycles. The Labute approximate surface area is 291 Å². The molecule has 8 aromatic carbocycles. The van der Waals surface area contributed by atoms with Crippen LogP contribution in [0.2, 0.25) is 0 Å². The lowest BCUT2D eigenvalue weighted by Gasteiger charge is -2.13. The number of thiophene rings is 1. The summed E-state index contributed by atoms with van der Waals surface area (Å²) in [5.41, 5.74) is 9.49. The second kappa shape index (κ2) is 10.6. The largest absolute Gasteiger partial charge is 0.455 e. The van der Waals surface area contributed by atoms with Gasteiger partial charge in [0.2, 0.25) is 0 Å². The molecule has 50 heavy (non-hydrogen) atoms. The van der Waals surface area contributed by atoms with Crippen molar-refractivity contribution < 1.29 is 4.42 Å². The van der Waals surface area contributed by atoms with Crippen LogP contribution in [0.5, 0.6) is 0 Å². The number of benzene rings is 8.